The predicted molar refractivity (Wildman–Crippen MR) is 62.5 cm³/mol. The molecule has 1 fully saturated rings. The van der Waals surface area contributed by atoms with Gasteiger partial charge in [0.25, 0.3) is 0 Å². The van der Waals surface area contributed by atoms with Gasteiger partial charge in [-0.15, -0.1) is 0 Å². The number of carbonyl (C=O) groups excluding carboxylic acids is 1. The molecular formula is C13H17NO3. The summed E-state index contributed by atoms with van der Waals surface area (Å²) in [6.45, 7) is 0. The Kier molecular flexibility index (Phi) is 3.74. The van der Waals surface area contributed by atoms with Crippen LogP contribution in [0.25, 0.3) is 0 Å². The molecule has 0 radical (unpaired) electrons. The van der Waals surface area contributed by atoms with Gasteiger partial charge >= 0.3 is 5.97 Å². The first-order chi connectivity index (χ1) is 8.22. The summed E-state index contributed by atoms with van der Waals surface area (Å²) in [5, 5.41) is 10.2. The molecule has 1 aromatic rings. The van der Waals surface area contributed by atoms with Gasteiger partial charge in [-0.25, -0.2) is 4.79 Å². The van der Waals surface area contributed by atoms with E-state index in [1.807, 2.05) is 0 Å². The first-order valence-corrected chi connectivity index (χ1v) is 5.94. The third-order valence-corrected chi connectivity index (χ3v) is 3.35. The minimum Gasteiger partial charge on any atom is -0.465 e. The lowest BCUT2D eigenvalue weighted by Gasteiger charge is -2.17. The van der Waals surface area contributed by atoms with Crippen LogP contribution in [0, 0.1) is 5.92 Å². The van der Waals surface area contributed by atoms with Gasteiger partial charge in [-0.1, -0.05) is 12.8 Å². The third-order valence-electron chi connectivity index (χ3n) is 3.35. The quantitative estimate of drug-likeness (QED) is 0.815. The van der Waals surface area contributed by atoms with Crippen LogP contribution in [0.5, 0.6) is 0 Å². The number of rotatable bonds is 3. The van der Waals surface area contributed by atoms with Gasteiger partial charge in [0.05, 0.1) is 24.5 Å². The number of aliphatic hydroxyl groups is 1. The fourth-order valence-corrected chi connectivity index (χ4v) is 2.37. The van der Waals surface area contributed by atoms with Gasteiger partial charge in [0.15, 0.2) is 0 Å². The predicted octanol–water partition coefficient (Wildman–Crippen LogP) is 2.09. The lowest BCUT2D eigenvalue weighted by Crippen LogP contribution is -2.12. The molecule has 4 nitrogen and oxygen atoms in total. The Hall–Kier alpha value is -1.42. The van der Waals surface area contributed by atoms with Gasteiger partial charge in [0.1, 0.15) is 0 Å². The van der Waals surface area contributed by atoms with E-state index >= 15 is 0 Å². The van der Waals surface area contributed by atoms with Crippen molar-refractivity contribution in [1.82, 2.24) is 4.98 Å². The highest BCUT2D eigenvalue weighted by molar-refractivity contribution is 5.89. The van der Waals surface area contributed by atoms with E-state index in [1.54, 1.807) is 18.3 Å². The van der Waals surface area contributed by atoms with Crippen LogP contribution >= 0.6 is 0 Å². The van der Waals surface area contributed by atoms with E-state index in [-0.39, 0.29) is 5.92 Å². The maximum absolute atomic E-state index is 11.4. The average Bonchev–Trinajstić information content (AvgIpc) is 2.91. The molecule has 0 saturated heterocycles. The Morgan fingerprint density at radius 3 is 2.88 bits per heavy atom. The second kappa shape index (κ2) is 5.27. The standard InChI is InChI=1S/C13H17NO3/c1-17-13(16)10-6-7-14-11(8-10)12(15)9-4-2-3-5-9/h6-9,12,15H,2-5H2,1H3. The van der Waals surface area contributed by atoms with Crippen molar-refractivity contribution in [1.29, 1.82) is 0 Å². The van der Waals surface area contributed by atoms with Crippen LogP contribution in [0.15, 0.2) is 18.3 Å². The fourth-order valence-electron chi connectivity index (χ4n) is 2.37. The first-order valence-electron chi connectivity index (χ1n) is 5.94. The van der Waals surface area contributed by atoms with E-state index < -0.39 is 12.1 Å². The van der Waals surface area contributed by atoms with Crippen molar-refractivity contribution < 1.29 is 14.6 Å². The summed E-state index contributed by atoms with van der Waals surface area (Å²) in [4.78, 5) is 15.5. The molecule has 1 N–H and O–H groups in total. The van der Waals surface area contributed by atoms with E-state index in [0.717, 1.165) is 12.8 Å². The topological polar surface area (TPSA) is 59.4 Å². The molecule has 1 unspecified atom stereocenters. The molecule has 0 spiro atoms. The number of ether oxygens (including phenoxy) is 1. The van der Waals surface area contributed by atoms with Crippen LogP contribution in [-0.2, 0) is 4.74 Å². The summed E-state index contributed by atoms with van der Waals surface area (Å²) >= 11 is 0. The van der Waals surface area contributed by atoms with Crippen molar-refractivity contribution in [2.24, 2.45) is 5.92 Å². The van der Waals surface area contributed by atoms with Crippen molar-refractivity contribution in [3.8, 4) is 0 Å². The van der Waals surface area contributed by atoms with Crippen molar-refractivity contribution in [3.63, 3.8) is 0 Å². The lowest BCUT2D eigenvalue weighted by molar-refractivity contribution is 0.0599. The number of hydrogen-bond donors (Lipinski definition) is 1. The van der Waals surface area contributed by atoms with Crippen LogP contribution in [0.1, 0.15) is 47.8 Å². The molecule has 1 aromatic heterocycles. The second-order valence-electron chi connectivity index (χ2n) is 4.45. The van der Waals surface area contributed by atoms with Crippen LogP contribution < -0.4 is 0 Å². The maximum atomic E-state index is 11.4. The first kappa shape index (κ1) is 12.0. The monoisotopic (exact) mass is 235 g/mol. The largest absolute Gasteiger partial charge is 0.465 e. The van der Waals surface area contributed by atoms with Crippen LogP contribution in [0.4, 0.5) is 0 Å². The Bertz CT molecular complexity index is 399. The lowest BCUT2D eigenvalue weighted by atomic mass is 9.97. The van der Waals surface area contributed by atoms with Gasteiger partial charge in [-0.3, -0.25) is 4.98 Å². The highest BCUT2D eigenvalue weighted by Crippen LogP contribution is 2.34. The summed E-state index contributed by atoms with van der Waals surface area (Å²) in [5.41, 5.74) is 1.01. The minimum atomic E-state index is -0.567. The smallest absolute Gasteiger partial charge is 0.337 e. The van der Waals surface area contributed by atoms with Crippen molar-refractivity contribution >= 4 is 5.97 Å². The number of esters is 1. The zero-order valence-corrected chi connectivity index (χ0v) is 9.93. The normalized spacial score (nSPS) is 18.0. The number of carbonyl (C=O) groups is 1. The Labute approximate surface area is 101 Å². The SMILES string of the molecule is COC(=O)c1ccnc(C(O)C2CCCC2)c1. The van der Waals surface area contributed by atoms with Gasteiger partial charge in [-0.05, 0) is 30.9 Å². The molecule has 92 valence electrons. The molecule has 1 saturated carbocycles. The molecule has 17 heavy (non-hydrogen) atoms. The second-order valence-corrected chi connectivity index (χ2v) is 4.45. The number of nitrogens with zero attached hydrogens (tertiary/aromatic N) is 1. The molecular weight excluding hydrogens is 218 g/mol. The maximum Gasteiger partial charge on any atom is 0.337 e. The van der Waals surface area contributed by atoms with E-state index in [9.17, 15) is 9.90 Å². The molecule has 1 heterocycles. The van der Waals surface area contributed by atoms with E-state index in [2.05, 4.69) is 9.72 Å². The number of hydrogen-bond acceptors (Lipinski definition) is 4. The molecule has 0 bridgehead atoms. The van der Waals surface area contributed by atoms with Crippen LogP contribution in [-0.4, -0.2) is 23.2 Å². The number of pyridine rings is 1. The fraction of sp³-hybridized carbons (Fsp3) is 0.538. The molecule has 2 rings (SSSR count). The van der Waals surface area contributed by atoms with E-state index in [1.165, 1.54) is 20.0 Å². The highest BCUT2D eigenvalue weighted by atomic mass is 16.5. The number of aromatic nitrogens is 1. The van der Waals surface area contributed by atoms with Crippen molar-refractivity contribution in [3.05, 3.63) is 29.6 Å². The Morgan fingerprint density at radius 2 is 2.24 bits per heavy atom. The average molecular weight is 235 g/mol. The van der Waals surface area contributed by atoms with Gasteiger partial charge in [0, 0.05) is 6.20 Å². The third kappa shape index (κ3) is 2.64. The van der Waals surface area contributed by atoms with Gasteiger partial charge in [0.2, 0.25) is 0 Å². The zero-order valence-electron chi connectivity index (χ0n) is 9.93. The summed E-state index contributed by atoms with van der Waals surface area (Å²) < 4.78 is 4.65. The van der Waals surface area contributed by atoms with Gasteiger partial charge < -0.3 is 9.84 Å². The van der Waals surface area contributed by atoms with Crippen LogP contribution in [0.2, 0.25) is 0 Å². The Balaban J connectivity index is 2.17. The minimum absolute atomic E-state index is 0.274. The summed E-state index contributed by atoms with van der Waals surface area (Å²) in [6, 6.07) is 3.21. The molecule has 0 aliphatic heterocycles. The summed E-state index contributed by atoms with van der Waals surface area (Å²) in [6.07, 6.45) is 5.37. The van der Waals surface area contributed by atoms with Crippen molar-refractivity contribution in [2.45, 2.75) is 31.8 Å². The van der Waals surface area contributed by atoms with Gasteiger partial charge in [-0.2, -0.15) is 0 Å². The molecule has 0 aromatic carbocycles. The van der Waals surface area contributed by atoms with Crippen LogP contribution in [0.3, 0.4) is 0 Å². The summed E-state index contributed by atoms with van der Waals surface area (Å²) in [7, 11) is 1.34. The number of aliphatic hydroxyl groups excluding tert-OH is 1. The molecule has 1 atom stereocenters. The zero-order chi connectivity index (χ0) is 12.3. The molecule has 4 heteroatoms. The summed E-state index contributed by atoms with van der Waals surface area (Å²) in [5.74, 6) is -0.123. The highest BCUT2D eigenvalue weighted by Gasteiger charge is 2.25. The number of methoxy groups -OCH3 is 1. The van der Waals surface area contributed by atoms with E-state index in [0.29, 0.717) is 11.3 Å². The Morgan fingerprint density at radius 1 is 1.53 bits per heavy atom. The molecule has 1 aliphatic carbocycles. The molecule has 1 aliphatic rings. The molecule has 0 amide bonds. The van der Waals surface area contributed by atoms with Crippen molar-refractivity contribution in [2.75, 3.05) is 7.11 Å². The van der Waals surface area contributed by atoms with E-state index in [4.69, 9.17) is 0 Å².